The van der Waals surface area contributed by atoms with E-state index in [1.165, 1.54) is 9.80 Å². The second-order valence-corrected chi connectivity index (χ2v) is 9.35. The van der Waals surface area contributed by atoms with E-state index in [0.29, 0.717) is 30.5 Å². The second-order valence-electron chi connectivity index (χ2n) is 8.99. The second kappa shape index (κ2) is 10.3. The maximum Gasteiger partial charge on any atom is 0.397 e. The van der Waals surface area contributed by atoms with Crippen LogP contribution in [0.15, 0.2) is 12.1 Å². The molecular weight excluding hydrogens is 445 g/mol. The van der Waals surface area contributed by atoms with E-state index in [2.05, 4.69) is 9.88 Å². The quantitative estimate of drug-likeness (QED) is 0.599. The molecule has 0 aliphatic carbocycles. The molecule has 32 heavy (non-hydrogen) atoms. The van der Waals surface area contributed by atoms with Crippen LogP contribution in [0.2, 0.25) is 5.15 Å². The predicted molar refractivity (Wildman–Crippen MR) is 117 cm³/mol. The van der Waals surface area contributed by atoms with Gasteiger partial charge < -0.3 is 14.7 Å². The van der Waals surface area contributed by atoms with Crippen LogP contribution < -0.4 is 4.90 Å². The summed E-state index contributed by atoms with van der Waals surface area (Å²) in [5, 5.41) is 0.204. The molecule has 0 atom stereocenters. The van der Waals surface area contributed by atoms with Gasteiger partial charge in [0.05, 0.1) is 5.56 Å². The van der Waals surface area contributed by atoms with Gasteiger partial charge in [0.25, 0.3) is 5.91 Å². The minimum atomic E-state index is -4.44. The average molecular weight is 475 g/mol. The van der Waals surface area contributed by atoms with Crippen LogP contribution in [0.5, 0.6) is 0 Å². The Morgan fingerprint density at radius 1 is 1.06 bits per heavy atom. The highest BCUT2D eigenvalue weighted by molar-refractivity contribution is 6.32. The molecule has 2 amide bonds. The number of rotatable bonds is 5. The molecule has 0 aromatic carbocycles. The van der Waals surface area contributed by atoms with Crippen LogP contribution in [-0.4, -0.2) is 73.0 Å². The molecule has 0 N–H and O–H groups in total. The summed E-state index contributed by atoms with van der Waals surface area (Å²) in [5.41, 5.74) is 0.385. The SMILES string of the molecule is CN(C)C(=O)c1ccc(N2CCC(CC3CCN(C(=O)CC(F)(F)F)CC3)CC2)nc1Cl. The molecule has 0 bridgehead atoms. The van der Waals surface area contributed by atoms with Crippen LogP contribution in [0.3, 0.4) is 0 Å². The molecule has 2 aliphatic rings. The van der Waals surface area contributed by atoms with Crippen molar-refractivity contribution in [1.82, 2.24) is 14.8 Å². The highest BCUT2D eigenvalue weighted by Gasteiger charge is 2.35. The van der Waals surface area contributed by atoms with Crippen LogP contribution in [-0.2, 0) is 4.79 Å². The zero-order valence-corrected chi connectivity index (χ0v) is 19.3. The van der Waals surface area contributed by atoms with Gasteiger partial charge in [0.1, 0.15) is 17.4 Å². The lowest BCUT2D eigenvalue weighted by atomic mass is 9.82. The molecule has 2 fully saturated rings. The molecule has 3 heterocycles. The Bertz CT molecular complexity index is 818. The summed E-state index contributed by atoms with van der Waals surface area (Å²) in [6, 6.07) is 3.55. The van der Waals surface area contributed by atoms with E-state index < -0.39 is 18.5 Å². The van der Waals surface area contributed by atoms with Crippen molar-refractivity contribution >= 4 is 29.2 Å². The standard InChI is InChI=1S/C22H30ClF3N4O2/c1-28(2)21(32)17-3-4-18(27-20(17)23)29-9-5-15(6-10-29)13-16-7-11-30(12-8-16)19(31)14-22(24,25)26/h3-4,15-16H,5-14H2,1-2H3. The van der Waals surface area contributed by atoms with E-state index in [4.69, 9.17) is 11.6 Å². The monoisotopic (exact) mass is 474 g/mol. The Morgan fingerprint density at radius 2 is 1.62 bits per heavy atom. The zero-order valence-electron chi connectivity index (χ0n) is 18.5. The molecule has 0 unspecified atom stereocenters. The first-order chi connectivity index (χ1) is 15.0. The lowest BCUT2D eigenvalue weighted by Gasteiger charge is -2.37. The minimum Gasteiger partial charge on any atom is -0.357 e. The first kappa shape index (κ1) is 24.6. The van der Waals surface area contributed by atoms with Gasteiger partial charge in [0.2, 0.25) is 5.91 Å². The number of alkyl halides is 3. The molecule has 3 rings (SSSR count). The molecule has 1 aromatic rings. The number of pyridine rings is 1. The largest absolute Gasteiger partial charge is 0.397 e. The van der Waals surface area contributed by atoms with Crippen LogP contribution in [0.4, 0.5) is 19.0 Å². The van der Waals surface area contributed by atoms with Crippen molar-refractivity contribution in [2.75, 3.05) is 45.2 Å². The highest BCUT2D eigenvalue weighted by Crippen LogP contribution is 2.32. The molecule has 0 radical (unpaired) electrons. The molecular formula is C22H30ClF3N4O2. The summed E-state index contributed by atoms with van der Waals surface area (Å²) < 4.78 is 37.3. The van der Waals surface area contributed by atoms with Crippen molar-refractivity contribution in [2.24, 2.45) is 11.8 Å². The molecule has 0 spiro atoms. The Kier molecular flexibility index (Phi) is 7.90. The fourth-order valence-corrected chi connectivity index (χ4v) is 4.80. The average Bonchev–Trinajstić information content (AvgIpc) is 2.73. The first-order valence-electron chi connectivity index (χ1n) is 11.0. The van der Waals surface area contributed by atoms with E-state index in [-0.39, 0.29) is 11.1 Å². The zero-order chi connectivity index (χ0) is 23.5. The first-order valence-corrected chi connectivity index (χ1v) is 11.4. The van der Waals surface area contributed by atoms with E-state index in [0.717, 1.165) is 51.0 Å². The van der Waals surface area contributed by atoms with Crippen molar-refractivity contribution in [2.45, 2.75) is 44.7 Å². The summed E-state index contributed by atoms with van der Waals surface area (Å²) in [6.07, 6.45) is -1.22. The Balaban J connectivity index is 1.44. The van der Waals surface area contributed by atoms with Gasteiger partial charge in [-0.3, -0.25) is 9.59 Å². The molecule has 2 saturated heterocycles. The summed E-state index contributed by atoms with van der Waals surface area (Å²) in [5.74, 6) is 0.775. The van der Waals surface area contributed by atoms with Crippen molar-refractivity contribution in [3.8, 4) is 0 Å². The lowest BCUT2D eigenvalue weighted by Crippen LogP contribution is -2.41. The van der Waals surface area contributed by atoms with Crippen molar-refractivity contribution < 1.29 is 22.8 Å². The number of anilines is 1. The van der Waals surface area contributed by atoms with E-state index >= 15 is 0 Å². The van der Waals surface area contributed by atoms with Crippen molar-refractivity contribution in [3.05, 3.63) is 22.8 Å². The normalized spacial score (nSPS) is 18.7. The number of carbonyl (C=O) groups excluding carboxylic acids is 2. The van der Waals surface area contributed by atoms with Crippen molar-refractivity contribution in [1.29, 1.82) is 0 Å². The van der Waals surface area contributed by atoms with Gasteiger partial charge in [-0.25, -0.2) is 4.98 Å². The van der Waals surface area contributed by atoms with Gasteiger partial charge in [-0.05, 0) is 56.1 Å². The molecule has 10 heteroatoms. The van der Waals surface area contributed by atoms with Gasteiger partial charge in [-0.1, -0.05) is 11.6 Å². The number of halogens is 4. The summed E-state index contributed by atoms with van der Waals surface area (Å²) in [4.78, 5) is 33.3. The van der Waals surface area contributed by atoms with E-state index in [1.54, 1.807) is 20.2 Å². The van der Waals surface area contributed by atoms with Gasteiger partial charge in [0.15, 0.2) is 0 Å². The fourth-order valence-electron chi connectivity index (χ4n) is 4.57. The number of amides is 2. The van der Waals surface area contributed by atoms with Crippen LogP contribution in [0, 0.1) is 11.8 Å². The van der Waals surface area contributed by atoms with Crippen molar-refractivity contribution in [3.63, 3.8) is 0 Å². The number of hydrogen-bond acceptors (Lipinski definition) is 4. The van der Waals surface area contributed by atoms with Crippen LogP contribution in [0.1, 0.15) is 48.9 Å². The molecule has 1 aromatic heterocycles. The van der Waals surface area contributed by atoms with Gasteiger partial charge in [0, 0.05) is 40.3 Å². The van der Waals surface area contributed by atoms with Crippen LogP contribution in [0.25, 0.3) is 0 Å². The number of aromatic nitrogens is 1. The number of piperidine rings is 2. The third-order valence-corrected chi connectivity index (χ3v) is 6.68. The topological polar surface area (TPSA) is 56.8 Å². The van der Waals surface area contributed by atoms with Gasteiger partial charge >= 0.3 is 6.18 Å². The molecule has 2 aliphatic heterocycles. The number of nitrogens with zero attached hydrogens (tertiary/aromatic N) is 4. The summed E-state index contributed by atoms with van der Waals surface area (Å²) >= 11 is 6.24. The molecule has 0 saturated carbocycles. The Morgan fingerprint density at radius 3 is 2.12 bits per heavy atom. The number of carbonyl (C=O) groups is 2. The van der Waals surface area contributed by atoms with Gasteiger partial charge in [-0.15, -0.1) is 0 Å². The fraction of sp³-hybridized carbons (Fsp3) is 0.682. The predicted octanol–water partition coefficient (Wildman–Crippen LogP) is 4.23. The smallest absolute Gasteiger partial charge is 0.357 e. The Hall–Kier alpha value is -2.03. The van der Waals surface area contributed by atoms with Crippen LogP contribution >= 0.6 is 11.6 Å². The minimum absolute atomic E-state index is 0.182. The highest BCUT2D eigenvalue weighted by atomic mass is 35.5. The lowest BCUT2D eigenvalue weighted by molar-refractivity contribution is -0.162. The summed E-state index contributed by atoms with van der Waals surface area (Å²) in [6.45, 7) is 2.52. The maximum absolute atomic E-state index is 12.4. The molecule has 178 valence electrons. The number of hydrogen-bond donors (Lipinski definition) is 0. The molecule has 6 nitrogen and oxygen atoms in total. The Labute approximate surface area is 191 Å². The number of likely N-dealkylation sites (tertiary alicyclic amines) is 1. The maximum atomic E-state index is 12.4. The van der Waals surface area contributed by atoms with E-state index in [1.807, 2.05) is 6.07 Å². The third-order valence-electron chi connectivity index (χ3n) is 6.39. The van der Waals surface area contributed by atoms with E-state index in [9.17, 15) is 22.8 Å². The van der Waals surface area contributed by atoms with Gasteiger partial charge in [-0.2, -0.15) is 13.2 Å². The third kappa shape index (κ3) is 6.49. The summed E-state index contributed by atoms with van der Waals surface area (Å²) in [7, 11) is 3.34.